The highest BCUT2D eigenvalue weighted by molar-refractivity contribution is 5.94. The number of carboxylic acids is 2. The van der Waals surface area contributed by atoms with Crippen LogP contribution in [-0.2, 0) is 30.4 Å². The van der Waals surface area contributed by atoms with Crippen LogP contribution in [0.3, 0.4) is 0 Å². The lowest BCUT2D eigenvalue weighted by Gasteiger charge is -2.25. The van der Waals surface area contributed by atoms with E-state index in [0.29, 0.717) is 5.69 Å². The van der Waals surface area contributed by atoms with Crippen LogP contribution in [0.4, 0.5) is 0 Å². The summed E-state index contributed by atoms with van der Waals surface area (Å²) in [4.78, 5) is 65.3. The Kier molecular flexibility index (Phi) is 10.1. The largest absolute Gasteiger partial charge is 0.481 e. The van der Waals surface area contributed by atoms with E-state index >= 15 is 0 Å². The quantitative estimate of drug-likeness (QED) is 0.151. The lowest BCUT2D eigenvalue weighted by Crippen LogP contribution is -2.59. The Labute approximate surface area is 176 Å². The van der Waals surface area contributed by atoms with Gasteiger partial charge in [-0.2, -0.15) is 0 Å². The molecule has 172 valence electrons. The van der Waals surface area contributed by atoms with Gasteiger partial charge in [0.1, 0.15) is 18.1 Å². The Bertz CT molecular complexity index is 782. The van der Waals surface area contributed by atoms with Crippen molar-refractivity contribution >= 4 is 29.7 Å². The number of aliphatic carboxylic acids is 2. The molecule has 0 aliphatic carbocycles. The molecule has 0 aliphatic rings. The molecule has 0 radical (unpaired) electrons. The van der Waals surface area contributed by atoms with Gasteiger partial charge in [0.2, 0.25) is 17.7 Å². The number of aliphatic hydroxyl groups is 1. The first-order valence-electron chi connectivity index (χ1n) is 9.25. The summed E-state index contributed by atoms with van der Waals surface area (Å²) in [6.07, 6.45) is 0.398. The van der Waals surface area contributed by atoms with Crippen molar-refractivity contribution in [2.75, 3.05) is 6.54 Å². The number of H-pyrrole nitrogens is 1. The van der Waals surface area contributed by atoms with E-state index in [1.165, 1.54) is 19.4 Å². The molecule has 14 heteroatoms. The number of carbonyl (C=O) groups is 5. The molecule has 0 aliphatic heterocycles. The monoisotopic (exact) mass is 442 g/mol. The smallest absolute Gasteiger partial charge is 0.326 e. The zero-order chi connectivity index (χ0) is 23.6. The van der Waals surface area contributed by atoms with E-state index < -0.39 is 66.9 Å². The van der Waals surface area contributed by atoms with Gasteiger partial charge in [0.15, 0.2) is 0 Å². The maximum atomic E-state index is 12.6. The average Bonchev–Trinajstić information content (AvgIpc) is 3.20. The molecule has 0 fully saturated rings. The lowest BCUT2D eigenvalue weighted by atomic mass is 10.1. The summed E-state index contributed by atoms with van der Waals surface area (Å²) in [7, 11) is 0. The zero-order valence-electron chi connectivity index (χ0n) is 16.7. The van der Waals surface area contributed by atoms with Crippen LogP contribution in [0, 0.1) is 0 Å². The molecule has 0 spiro atoms. The molecule has 1 rings (SSSR count). The van der Waals surface area contributed by atoms with E-state index in [9.17, 15) is 34.2 Å². The van der Waals surface area contributed by atoms with Crippen molar-refractivity contribution in [3.8, 4) is 0 Å². The van der Waals surface area contributed by atoms with Gasteiger partial charge in [0, 0.05) is 24.7 Å². The summed E-state index contributed by atoms with van der Waals surface area (Å²) in [5, 5.41) is 34.8. The Balaban J connectivity index is 2.89. The number of amides is 3. The number of aliphatic hydroxyl groups excluding tert-OH is 1. The Morgan fingerprint density at radius 3 is 2.26 bits per heavy atom. The Hall–Kier alpha value is -3.52. The third-order valence-corrected chi connectivity index (χ3v) is 4.14. The first-order chi connectivity index (χ1) is 14.5. The van der Waals surface area contributed by atoms with Crippen molar-refractivity contribution in [3.63, 3.8) is 0 Å². The van der Waals surface area contributed by atoms with E-state index in [1.54, 1.807) is 0 Å². The van der Waals surface area contributed by atoms with Crippen molar-refractivity contribution in [2.45, 2.75) is 50.4 Å². The second kappa shape index (κ2) is 12.2. The highest BCUT2D eigenvalue weighted by atomic mass is 16.4. The van der Waals surface area contributed by atoms with Crippen molar-refractivity contribution in [2.24, 2.45) is 5.73 Å². The van der Waals surface area contributed by atoms with Gasteiger partial charge in [-0.25, -0.2) is 9.78 Å². The topological polar surface area (TPSA) is 237 Å². The Morgan fingerprint density at radius 1 is 1.10 bits per heavy atom. The van der Waals surface area contributed by atoms with Crippen LogP contribution >= 0.6 is 0 Å². The number of hydrogen-bond acceptors (Lipinski definition) is 8. The summed E-state index contributed by atoms with van der Waals surface area (Å²) in [5.74, 6) is -5.23. The molecular weight excluding hydrogens is 416 g/mol. The van der Waals surface area contributed by atoms with Gasteiger partial charge in [0.25, 0.3) is 0 Å². The van der Waals surface area contributed by atoms with Crippen LogP contribution in [-0.4, -0.2) is 85.7 Å². The van der Waals surface area contributed by atoms with Crippen molar-refractivity contribution in [1.82, 2.24) is 25.9 Å². The number of nitrogens with zero attached hydrogens (tertiary/aromatic N) is 1. The van der Waals surface area contributed by atoms with Crippen LogP contribution in [0.25, 0.3) is 0 Å². The molecular formula is C17H26N6O8. The number of aromatic nitrogens is 2. The number of rotatable bonds is 13. The minimum absolute atomic E-state index is 0.130. The zero-order valence-corrected chi connectivity index (χ0v) is 16.7. The van der Waals surface area contributed by atoms with Crippen molar-refractivity contribution in [1.29, 1.82) is 0 Å². The van der Waals surface area contributed by atoms with Crippen LogP contribution in [0.1, 0.15) is 25.5 Å². The minimum Gasteiger partial charge on any atom is -0.481 e. The average molecular weight is 442 g/mol. The highest BCUT2D eigenvalue weighted by Crippen LogP contribution is 2.04. The second-order valence-electron chi connectivity index (χ2n) is 6.66. The molecule has 14 nitrogen and oxygen atoms in total. The molecule has 1 aromatic heterocycles. The number of nitrogens with two attached hydrogens (primary N) is 1. The first-order valence-corrected chi connectivity index (χ1v) is 9.25. The molecule has 1 heterocycles. The summed E-state index contributed by atoms with van der Waals surface area (Å²) < 4.78 is 0. The standard InChI is InChI=1S/C17H26N6O8/c1-8(24)14(16(29)22-11(17(30)31)4-9-6-19-7-20-9)23-15(28)10(2-3-13(26)27)21-12(25)5-18/h6-8,10-11,14,24H,2-5,18H2,1H3,(H,19,20)(H,21,25)(H,22,29)(H,23,28)(H,26,27)(H,30,31). The van der Waals surface area contributed by atoms with Gasteiger partial charge < -0.3 is 42.0 Å². The summed E-state index contributed by atoms with van der Waals surface area (Å²) in [5.41, 5.74) is 5.62. The molecule has 31 heavy (non-hydrogen) atoms. The highest BCUT2D eigenvalue weighted by Gasteiger charge is 2.32. The maximum absolute atomic E-state index is 12.6. The van der Waals surface area contributed by atoms with E-state index in [4.69, 9.17) is 10.8 Å². The SMILES string of the molecule is CC(O)C(NC(=O)C(CCC(=O)O)NC(=O)CN)C(=O)NC(Cc1cnc[nH]1)C(=O)O. The van der Waals surface area contributed by atoms with E-state index in [1.807, 2.05) is 0 Å². The van der Waals surface area contributed by atoms with Gasteiger partial charge in [-0.15, -0.1) is 0 Å². The number of carboxylic acid groups (broad SMARTS) is 2. The summed E-state index contributed by atoms with van der Waals surface area (Å²) >= 11 is 0. The second-order valence-corrected chi connectivity index (χ2v) is 6.66. The number of aromatic amines is 1. The normalized spacial score (nSPS) is 14.5. The van der Waals surface area contributed by atoms with Crippen molar-refractivity contribution in [3.05, 3.63) is 18.2 Å². The van der Waals surface area contributed by atoms with Gasteiger partial charge >= 0.3 is 11.9 Å². The lowest BCUT2D eigenvalue weighted by molar-refractivity contribution is -0.143. The molecule has 4 unspecified atom stereocenters. The van der Waals surface area contributed by atoms with Gasteiger partial charge in [-0.05, 0) is 13.3 Å². The van der Waals surface area contributed by atoms with Gasteiger partial charge in [0.05, 0.1) is 19.0 Å². The fourth-order valence-electron chi connectivity index (χ4n) is 2.53. The molecule has 0 saturated heterocycles. The van der Waals surface area contributed by atoms with Crippen molar-refractivity contribution < 1.29 is 39.3 Å². The van der Waals surface area contributed by atoms with Gasteiger partial charge in [-0.1, -0.05) is 0 Å². The number of carbonyl (C=O) groups excluding carboxylic acids is 3. The molecule has 0 aromatic carbocycles. The fourth-order valence-corrected chi connectivity index (χ4v) is 2.53. The predicted octanol–water partition coefficient (Wildman–Crippen LogP) is -3.30. The molecule has 4 atom stereocenters. The van der Waals surface area contributed by atoms with E-state index in [-0.39, 0.29) is 12.8 Å². The fraction of sp³-hybridized carbons (Fsp3) is 0.529. The third-order valence-electron chi connectivity index (χ3n) is 4.14. The summed E-state index contributed by atoms with van der Waals surface area (Å²) in [6, 6.07) is -4.29. The molecule has 0 bridgehead atoms. The van der Waals surface area contributed by atoms with Crippen LogP contribution in [0.15, 0.2) is 12.5 Å². The molecule has 3 amide bonds. The van der Waals surface area contributed by atoms with Crippen LogP contribution < -0.4 is 21.7 Å². The summed E-state index contributed by atoms with van der Waals surface area (Å²) in [6.45, 7) is 0.741. The molecule has 9 N–H and O–H groups in total. The number of nitrogens with one attached hydrogen (secondary N) is 4. The number of hydrogen-bond donors (Lipinski definition) is 8. The van der Waals surface area contributed by atoms with Gasteiger partial charge in [-0.3, -0.25) is 19.2 Å². The van der Waals surface area contributed by atoms with Crippen LogP contribution in [0.5, 0.6) is 0 Å². The molecule has 1 aromatic rings. The first kappa shape index (κ1) is 25.5. The Morgan fingerprint density at radius 2 is 1.77 bits per heavy atom. The van der Waals surface area contributed by atoms with Crippen LogP contribution in [0.2, 0.25) is 0 Å². The van der Waals surface area contributed by atoms with E-state index in [0.717, 1.165) is 0 Å². The predicted molar refractivity (Wildman–Crippen MR) is 103 cm³/mol. The maximum Gasteiger partial charge on any atom is 0.326 e. The number of imidazole rings is 1. The van der Waals surface area contributed by atoms with E-state index in [2.05, 4.69) is 25.9 Å². The molecule has 0 saturated carbocycles. The third kappa shape index (κ3) is 8.79. The minimum atomic E-state index is -1.57.